The first kappa shape index (κ1) is 14.1. The SMILES string of the molecule is Nn1c(C(=O)O)cc2cc(C(=O)c3cc4ccccc4o3)ccc21. The van der Waals surface area contributed by atoms with Crippen LogP contribution in [0, 0.1) is 0 Å². The van der Waals surface area contributed by atoms with E-state index in [0.717, 1.165) is 10.1 Å². The first-order valence-corrected chi connectivity index (χ1v) is 7.22. The molecule has 6 heteroatoms. The smallest absolute Gasteiger partial charge is 0.354 e. The van der Waals surface area contributed by atoms with Gasteiger partial charge in [0.2, 0.25) is 5.78 Å². The molecule has 2 aromatic heterocycles. The van der Waals surface area contributed by atoms with Gasteiger partial charge in [-0.05, 0) is 36.4 Å². The predicted octanol–water partition coefficient (Wildman–Crippen LogP) is 3.03. The molecule has 4 rings (SSSR count). The fourth-order valence-corrected chi connectivity index (χ4v) is 2.78. The number of carboxylic acids is 1. The zero-order valence-corrected chi connectivity index (χ0v) is 12.4. The number of para-hydroxylation sites is 1. The molecular formula is C18H12N2O4. The Morgan fingerprint density at radius 1 is 1.00 bits per heavy atom. The first-order chi connectivity index (χ1) is 11.5. The number of rotatable bonds is 3. The van der Waals surface area contributed by atoms with Crippen molar-refractivity contribution in [1.29, 1.82) is 0 Å². The number of ketones is 1. The second-order valence-corrected chi connectivity index (χ2v) is 5.46. The van der Waals surface area contributed by atoms with E-state index >= 15 is 0 Å². The summed E-state index contributed by atoms with van der Waals surface area (Å²) in [5.74, 6) is 4.60. The van der Waals surface area contributed by atoms with Crippen LogP contribution in [0.3, 0.4) is 0 Å². The van der Waals surface area contributed by atoms with Crippen LogP contribution in [0.4, 0.5) is 0 Å². The lowest BCUT2D eigenvalue weighted by Gasteiger charge is -2.01. The Morgan fingerprint density at radius 2 is 1.79 bits per heavy atom. The minimum absolute atomic E-state index is 0.0432. The summed E-state index contributed by atoms with van der Waals surface area (Å²) in [6, 6.07) is 15.3. The summed E-state index contributed by atoms with van der Waals surface area (Å²) in [6.45, 7) is 0. The summed E-state index contributed by atoms with van der Waals surface area (Å²) >= 11 is 0. The van der Waals surface area contributed by atoms with Gasteiger partial charge in [0.1, 0.15) is 11.3 Å². The van der Waals surface area contributed by atoms with Gasteiger partial charge in [0.05, 0.1) is 5.52 Å². The van der Waals surface area contributed by atoms with Crippen molar-refractivity contribution in [2.75, 3.05) is 5.84 Å². The molecule has 0 aliphatic carbocycles. The lowest BCUT2D eigenvalue weighted by molar-refractivity contribution is 0.0687. The van der Waals surface area contributed by atoms with Gasteiger partial charge in [-0.1, -0.05) is 18.2 Å². The lowest BCUT2D eigenvalue weighted by Crippen LogP contribution is -2.15. The number of fused-ring (bicyclic) bond motifs is 2. The third-order valence-corrected chi connectivity index (χ3v) is 3.97. The Bertz CT molecular complexity index is 1090. The summed E-state index contributed by atoms with van der Waals surface area (Å²) in [4.78, 5) is 23.8. The van der Waals surface area contributed by atoms with Crippen molar-refractivity contribution in [3.63, 3.8) is 0 Å². The number of benzene rings is 2. The highest BCUT2D eigenvalue weighted by atomic mass is 16.4. The fourth-order valence-electron chi connectivity index (χ4n) is 2.78. The summed E-state index contributed by atoms with van der Waals surface area (Å²) in [5, 5.41) is 10.6. The molecular weight excluding hydrogens is 308 g/mol. The van der Waals surface area contributed by atoms with Crippen LogP contribution >= 0.6 is 0 Å². The molecule has 0 atom stereocenters. The molecule has 0 amide bonds. The van der Waals surface area contributed by atoms with Gasteiger partial charge in [0.25, 0.3) is 0 Å². The van der Waals surface area contributed by atoms with E-state index in [1.54, 1.807) is 30.3 Å². The molecule has 2 heterocycles. The maximum Gasteiger partial charge on any atom is 0.354 e. The van der Waals surface area contributed by atoms with Crippen molar-refractivity contribution < 1.29 is 19.1 Å². The van der Waals surface area contributed by atoms with Crippen LogP contribution in [-0.2, 0) is 0 Å². The third-order valence-electron chi connectivity index (χ3n) is 3.97. The molecule has 6 nitrogen and oxygen atoms in total. The highest BCUT2D eigenvalue weighted by molar-refractivity contribution is 6.10. The maximum absolute atomic E-state index is 12.6. The van der Waals surface area contributed by atoms with Gasteiger partial charge >= 0.3 is 5.97 Å². The number of carbonyl (C=O) groups is 2. The number of carbonyl (C=O) groups excluding carboxylic acids is 1. The van der Waals surface area contributed by atoms with Crippen molar-refractivity contribution in [3.8, 4) is 0 Å². The number of carboxylic acid groups (broad SMARTS) is 1. The summed E-state index contributed by atoms with van der Waals surface area (Å²) in [7, 11) is 0. The van der Waals surface area contributed by atoms with Crippen molar-refractivity contribution in [3.05, 3.63) is 71.6 Å². The second-order valence-electron chi connectivity index (χ2n) is 5.46. The lowest BCUT2D eigenvalue weighted by atomic mass is 10.1. The summed E-state index contributed by atoms with van der Waals surface area (Å²) in [6.07, 6.45) is 0. The number of hydrogen-bond donors (Lipinski definition) is 2. The van der Waals surface area contributed by atoms with Crippen LogP contribution in [0.2, 0.25) is 0 Å². The van der Waals surface area contributed by atoms with E-state index in [1.165, 1.54) is 6.07 Å². The Balaban J connectivity index is 1.80. The molecule has 4 aromatic rings. The number of nitrogen functional groups attached to an aromatic ring is 1. The second kappa shape index (κ2) is 4.99. The van der Waals surface area contributed by atoms with E-state index in [2.05, 4.69) is 0 Å². The molecule has 0 saturated heterocycles. The third kappa shape index (κ3) is 2.04. The molecule has 0 unspecified atom stereocenters. The van der Waals surface area contributed by atoms with E-state index in [9.17, 15) is 9.59 Å². The minimum atomic E-state index is -1.13. The van der Waals surface area contributed by atoms with Gasteiger partial charge in [0.15, 0.2) is 5.76 Å². The van der Waals surface area contributed by atoms with Crippen LogP contribution in [0.1, 0.15) is 26.6 Å². The topological polar surface area (TPSA) is 98.5 Å². The van der Waals surface area contributed by atoms with Crippen LogP contribution in [-0.4, -0.2) is 21.5 Å². The van der Waals surface area contributed by atoms with Crippen LogP contribution < -0.4 is 5.84 Å². The minimum Gasteiger partial charge on any atom is -0.477 e. The van der Waals surface area contributed by atoms with Crippen molar-refractivity contribution in [2.45, 2.75) is 0 Å². The number of aromatic carboxylic acids is 1. The van der Waals surface area contributed by atoms with E-state index in [-0.39, 0.29) is 17.2 Å². The molecule has 0 fully saturated rings. The van der Waals surface area contributed by atoms with E-state index < -0.39 is 5.97 Å². The average Bonchev–Trinajstić information content (AvgIpc) is 3.15. The molecule has 118 valence electrons. The number of furan rings is 1. The van der Waals surface area contributed by atoms with E-state index in [4.69, 9.17) is 15.4 Å². The molecule has 0 saturated carbocycles. The zero-order chi connectivity index (χ0) is 16.8. The van der Waals surface area contributed by atoms with Gasteiger partial charge in [0, 0.05) is 16.3 Å². The Labute approximate surface area is 135 Å². The maximum atomic E-state index is 12.6. The van der Waals surface area contributed by atoms with E-state index in [1.807, 2.05) is 18.2 Å². The molecule has 24 heavy (non-hydrogen) atoms. The number of hydrogen-bond acceptors (Lipinski definition) is 4. The molecule has 2 aromatic carbocycles. The van der Waals surface area contributed by atoms with Crippen molar-refractivity contribution in [1.82, 2.24) is 4.68 Å². The summed E-state index contributed by atoms with van der Waals surface area (Å²) < 4.78 is 6.68. The standard InChI is InChI=1S/C18H12N2O4/c19-20-13-6-5-11(7-12(13)8-14(20)18(22)23)17(21)16-9-10-3-1-2-4-15(10)24-16/h1-9H,19H2,(H,22,23). The highest BCUT2D eigenvalue weighted by Gasteiger charge is 2.18. The van der Waals surface area contributed by atoms with Gasteiger partial charge in [-0.15, -0.1) is 0 Å². The molecule has 0 spiro atoms. The predicted molar refractivity (Wildman–Crippen MR) is 88.7 cm³/mol. The van der Waals surface area contributed by atoms with Gasteiger partial charge in [-0.2, -0.15) is 0 Å². The van der Waals surface area contributed by atoms with Gasteiger partial charge < -0.3 is 15.4 Å². The molecule has 0 aliphatic rings. The number of nitrogens with two attached hydrogens (primary N) is 1. The first-order valence-electron chi connectivity index (χ1n) is 7.22. The highest BCUT2D eigenvalue weighted by Crippen LogP contribution is 2.24. The molecule has 0 aliphatic heterocycles. The van der Waals surface area contributed by atoms with Gasteiger partial charge in [-0.25, -0.2) is 4.79 Å². The quantitative estimate of drug-likeness (QED) is 0.446. The van der Waals surface area contributed by atoms with Crippen LogP contribution in [0.5, 0.6) is 0 Å². The molecule has 3 N–H and O–H groups in total. The number of nitrogens with zero attached hydrogens (tertiary/aromatic N) is 1. The van der Waals surface area contributed by atoms with Crippen LogP contribution in [0.15, 0.2) is 59.0 Å². The van der Waals surface area contributed by atoms with E-state index in [0.29, 0.717) is 22.0 Å². The largest absolute Gasteiger partial charge is 0.477 e. The van der Waals surface area contributed by atoms with Crippen molar-refractivity contribution in [2.24, 2.45) is 0 Å². The monoisotopic (exact) mass is 320 g/mol. The fraction of sp³-hybridized carbons (Fsp3) is 0. The van der Waals surface area contributed by atoms with Crippen molar-refractivity contribution >= 4 is 33.6 Å². The number of aromatic nitrogens is 1. The Hall–Kier alpha value is -3.54. The zero-order valence-electron chi connectivity index (χ0n) is 12.4. The summed E-state index contributed by atoms with van der Waals surface area (Å²) in [5.41, 5.74) is 1.54. The van der Waals surface area contributed by atoms with Crippen LogP contribution in [0.25, 0.3) is 21.9 Å². The molecule has 0 radical (unpaired) electrons. The Kier molecular flexibility index (Phi) is 2.93. The Morgan fingerprint density at radius 3 is 2.54 bits per heavy atom. The average molecular weight is 320 g/mol. The molecule has 0 bridgehead atoms. The van der Waals surface area contributed by atoms with Gasteiger partial charge in [-0.3, -0.25) is 9.47 Å². The normalized spacial score (nSPS) is 11.2.